The van der Waals surface area contributed by atoms with Gasteiger partial charge < -0.3 is 9.80 Å². The molecule has 0 bridgehead atoms. The Bertz CT molecular complexity index is 721. The van der Waals surface area contributed by atoms with E-state index < -0.39 is 0 Å². The molecule has 0 aromatic heterocycles. The Morgan fingerprint density at radius 2 is 1.59 bits per heavy atom. The number of hydrogen-bond donors (Lipinski definition) is 0. The number of imide groups is 1. The van der Waals surface area contributed by atoms with Crippen molar-refractivity contribution in [2.75, 3.05) is 39.8 Å². The molecule has 5 nitrogen and oxygen atoms in total. The Morgan fingerprint density at radius 1 is 0.926 bits per heavy atom. The third-order valence-corrected chi connectivity index (χ3v) is 5.58. The van der Waals surface area contributed by atoms with E-state index in [1.165, 1.54) is 4.90 Å². The Labute approximate surface area is 166 Å². The van der Waals surface area contributed by atoms with Crippen LogP contribution in [-0.2, 0) is 9.59 Å². The molecule has 1 saturated heterocycles. The fourth-order valence-corrected chi connectivity index (χ4v) is 3.79. The molecule has 1 aromatic rings. The molecule has 0 unspecified atom stereocenters. The van der Waals surface area contributed by atoms with Crippen molar-refractivity contribution >= 4 is 29.0 Å². The third-order valence-electron chi connectivity index (χ3n) is 5.33. The van der Waals surface area contributed by atoms with Gasteiger partial charge in [-0.3, -0.25) is 14.5 Å². The maximum absolute atomic E-state index is 13.2. The summed E-state index contributed by atoms with van der Waals surface area (Å²) in [6, 6.07) is 7.21. The standard InChI is InChI=1S/C21H28ClN3O2/c1-3-4-5-6-11-25-20(26)18(16-7-9-17(22)10-8-16)19(21(25)27)24-14-12-23(2)13-15-24/h7-10H,3-6,11-15H2,1-2H3. The molecule has 146 valence electrons. The predicted molar refractivity (Wildman–Crippen MR) is 108 cm³/mol. The minimum Gasteiger partial charge on any atom is -0.364 e. The van der Waals surface area contributed by atoms with E-state index in [-0.39, 0.29) is 11.8 Å². The van der Waals surface area contributed by atoms with E-state index in [1.54, 1.807) is 12.1 Å². The molecule has 2 aliphatic heterocycles. The number of carbonyl (C=O) groups excluding carboxylic acids is 2. The molecule has 6 heteroatoms. The van der Waals surface area contributed by atoms with Gasteiger partial charge in [-0.2, -0.15) is 0 Å². The third kappa shape index (κ3) is 4.36. The van der Waals surface area contributed by atoms with Gasteiger partial charge >= 0.3 is 0 Å². The van der Waals surface area contributed by atoms with Gasteiger partial charge in [-0.05, 0) is 31.2 Å². The van der Waals surface area contributed by atoms with Crippen molar-refractivity contribution in [3.05, 3.63) is 40.5 Å². The number of nitrogens with zero attached hydrogens (tertiary/aromatic N) is 3. The maximum atomic E-state index is 13.2. The van der Waals surface area contributed by atoms with Gasteiger partial charge in [-0.1, -0.05) is 49.9 Å². The lowest BCUT2D eigenvalue weighted by molar-refractivity contribution is -0.137. The number of benzene rings is 1. The van der Waals surface area contributed by atoms with Crippen molar-refractivity contribution in [2.24, 2.45) is 0 Å². The number of piperazine rings is 1. The fraction of sp³-hybridized carbons (Fsp3) is 0.524. The molecule has 0 radical (unpaired) electrons. The molecule has 3 rings (SSSR count). The second-order valence-corrected chi connectivity index (χ2v) is 7.78. The quantitative estimate of drug-likeness (QED) is 0.530. The molecule has 1 fully saturated rings. The molecular formula is C21H28ClN3O2. The van der Waals surface area contributed by atoms with Crippen LogP contribution in [0.5, 0.6) is 0 Å². The van der Waals surface area contributed by atoms with Gasteiger partial charge in [0.25, 0.3) is 11.8 Å². The van der Waals surface area contributed by atoms with Crippen LogP contribution in [0.25, 0.3) is 5.57 Å². The lowest BCUT2D eigenvalue weighted by Crippen LogP contribution is -2.46. The second kappa shape index (κ2) is 8.89. The lowest BCUT2D eigenvalue weighted by atomic mass is 10.0. The number of halogens is 1. The average molecular weight is 390 g/mol. The molecule has 2 amide bonds. The van der Waals surface area contributed by atoms with Gasteiger partial charge in [0.1, 0.15) is 5.70 Å². The van der Waals surface area contributed by atoms with Crippen LogP contribution in [0.15, 0.2) is 30.0 Å². The van der Waals surface area contributed by atoms with Crippen LogP contribution in [0.4, 0.5) is 0 Å². The molecule has 0 aliphatic carbocycles. The largest absolute Gasteiger partial charge is 0.364 e. The van der Waals surface area contributed by atoms with E-state index >= 15 is 0 Å². The Kier molecular flexibility index (Phi) is 6.55. The first-order valence-electron chi connectivity index (χ1n) is 9.82. The van der Waals surface area contributed by atoms with Crippen LogP contribution in [0.1, 0.15) is 38.2 Å². The van der Waals surface area contributed by atoms with Crippen molar-refractivity contribution in [2.45, 2.75) is 32.6 Å². The number of hydrogen-bond acceptors (Lipinski definition) is 4. The lowest BCUT2D eigenvalue weighted by Gasteiger charge is -2.34. The highest BCUT2D eigenvalue weighted by Crippen LogP contribution is 2.33. The fourth-order valence-electron chi connectivity index (χ4n) is 3.66. The van der Waals surface area contributed by atoms with E-state index in [0.29, 0.717) is 22.8 Å². The zero-order valence-corrected chi connectivity index (χ0v) is 17.0. The topological polar surface area (TPSA) is 43.9 Å². The van der Waals surface area contributed by atoms with Gasteiger partial charge in [0.15, 0.2) is 0 Å². The first kappa shape index (κ1) is 19.9. The van der Waals surface area contributed by atoms with Crippen molar-refractivity contribution in [3.63, 3.8) is 0 Å². The monoisotopic (exact) mass is 389 g/mol. The summed E-state index contributed by atoms with van der Waals surface area (Å²) in [6.07, 6.45) is 4.14. The van der Waals surface area contributed by atoms with E-state index in [1.807, 2.05) is 12.1 Å². The Morgan fingerprint density at radius 3 is 2.22 bits per heavy atom. The average Bonchev–Trinajstić information content (AvgIpc) is 2.91. The number of unbranched alkanes of at least 4 members (excludes halogenated alkanes) is 3. The van der Waals surface area contributed by atoms with Crippen LogP contribution in [0, 0.1) is 0 Å². The normalized spacial score (nSPS) is 18.8. The van der Waals surface area contributed by atoms with Crippen molar-refractivity contribution in [1.29, 1.82) is 0 Å². The highest BCUT2D eigenvalue weighted by Gasteiger charge is 2.41. The Balaban J connectivity index is 1.89. The molecule has 27 heavy (non-hydrogen) atoms. The number of carbonyl (C=O) groups is 2. The first-order valence-corrected chi connectivity index (χ1v) is 10.2. The molecule has 0 saturated carbocycles. The number of rotatable bonds is 7. The molecule has 0 spiro atoms. The SMILES string of the molecule is CCCCCCN1C(=O)C(c2ccc(Cl)cc2)=C(N2CCN(C)CC2)C1=O. The summed E-state index contributed by atoms with van der Waals surface area (Å²) in [5.74, 6) is -0.321. The predicted octanol–water partition coefficient (Wildman–Crippen LogP) is 3.25. The smallest absolute Gasteiger partial charge is 0.277 e. The van der Waals surface area contributed by atoms with Crippen LogP contribution in [0.2, 0.25) is 5.02 Å². The highest BCUT2D eigenvalue weighted by atomic mass is 35.5. The Hall–Kier alpha value is -1.85. The molecule has 2 aliphatic rings. The van der Waals surface area contributed by atoms with Gasteiger partial charge in [0.2, 0.25) is 0 Å². The highest BCUT2D eigenvalue weighted by molar-refractivity contribution is 6.36. The maximum Gasteiger partial charge on any atom is 0.277 e. The van der Waals surface area contributed by atoms with Crippen LogP contribution >= 0.6 is 11.6 Å². The van der Waals surface area contributed by atoms with Gasteiger partial charge in [-0.15, -0.1) is 0 Å². The zero-order chi connectivity index (χ0) is 19.4. The summed E-state index contributed by atoms with van der Waals surface area (Å²) < 4.78 is 0. The molecule has 0 atom stereocenters. The van der Waals surface area contributed by atoms with E-state index in [9.17, 15) is 9.59 Å². The zero-order valence-electron chi connectivity index (χ0n) is 16.2. The first-order chi connectivity index (χ1) is 13.0. The summed E-state index contributed by atoms with van der Waals surface area (Å²) >= 11 is 6.02. The second-order valence-electron chi connectivity index (χ2n) is 7.34. The van der Waals surface area contributed by atoms with Crippen molar-refractivity contribution in [3.8, 4) is 0 Å². The van der Waals surface area contributed by atoms with Crippen LogP contribution in [0.3, 0.4) is 0 Å². The molecule has 1 aromatic carbocycles. The van der Waals surface area contributed by atoms with Crippen molar-refractivity contribution < 1.29 is 9.59 Å². The molecule has 2 heterocycles. The minimum atomic E-state index is -0.173. The molecule has 0 N–H and O–H groups in total. The van der Waals surface area contributed by atoms with E-state index in [0.717, 1.165) is 57.4 Å². The van der Waals surface area contributed by atoms with E-state index in [2.05, 4.69) is 23.8 Å². The van der Waals surface area contributed by atoms with E-state index in [4.69, 9.17) is 11.6 Å². The minimum absolute atomic E-state index is 0.147. The summed E-state index contributed by atoms with van der Waals surface area (Å²) in [6.45, 7) is 5.92. The summed E-state index contributed by atoms with van der Waals surface area (Å²) in [5.41, 5.74) is 1.85. The number of likely N-dealkylation sites (N-methyl/N-ethyl adjacent to an activating group) is 1. The van der Waals surface area contributed by atoms with Crippen molar-refractivity contribution in [1.82, 2.24) is 14.7 Å². The molecular weight excluding hydrogens is 362 g/mol. The summed E-state index contributed by atoms with van der Waals surface area (Å²) in [4.78, 5) is 32.1. The van der Waals surface area contributed by atoms with Gasteiger partial charge in [0.05, 0.1) is 5.57 Å². The van der Waals surface area contributed by atoms with Crippen LogP contribution in [-0.4, -0.2) is 66.3 Å². The van der Waals surface area contributed by atoms with Gasteiger partial charge in [-0.25, -0.2) is 0 Å². The number of amides is 2. The van der Waals surface area contributed by atoms with Crippen LogP contribution < -0.4 is 0 Å². The summed E-state index contributed by atoms with van der Waals surface area (Å²) in [5, 5.41) is 0.619. The summed E-state index contributed by atoms with van der Waals surface area (Å²) in [7, 11) is 2.08. The van der Waals surface area contributed by atoms with Gasteiger partial charge in [0, 0.05) is 37.7 Å².